The van der Waals surface area contributed by atoms with E-state index in [-0.39, 0.29) is 12.5 Å². The third-order valence-corrected chi connectivity index (χ3v) is 2.61. The molecule has 1 atom stereocenters. The molecule has 0 aliphatic carbocycles. The summed E-state index contributed by atoms with van der Waals surface area (Å²) >= 11 is 0. The van der Waals surface area contributed by atoms with E-state index < -0.39 is 12.0 Å². The van der Waals surface area contributed by atoms with Gasteiger partial charge in [-0.15, -0.1) is 0 Å². The molecule has 0 unspecified atom stereocenters. The van der Waals surface area contributed by atoms with Crippen LogP contribution in [0.15, 0.2) is 18.2 Å². The Morgan fingerprint density at radius 1 is 1.33 bits per heavy atom. The van der Waals surface area contributed by atoms with E-state index in [1.54, 1.807) is 0 Å². The van der Waals surface area contributed by atoms with Gasteiger partial charge in [-0.2, -0.15) is 0 Å². The van der Waals surface area contributed by atoms with Crippen molar-refractivity contribution in [2.24, 2.45) is 0 Å². The van der Waals surface area contributed by atoms with Crippen molar-refractivity contribution in [1.29, 1.82) is 0 Å². The van der Waals surface area contributed by atoms with Crippen molar-refractivity contribution in [2.45, 2.75) is 26.8 Å². The Bertz CT molecular complexity index is 458. The van der Waals surface area contributed by atoms with Crippen molar-refractivity contribution in [2.75, 3.05) is 11.9 Å². The lowest BCUT2D eigenvalue weighted by molar-refractivity contribution is -0.139. The highest BCUT2D eigenvalue weighted by Gasteiger charge is 2.12. The molecule has 5 heteroatoms. The number of hydrogen-bond acceptors (Lipinski definition) is 3. The minimum atomic E-state index is -0.977. The number of aryl methyl sites for hydroxylation is 2. The minimum Gasteiger partial charge on any atom is -0.480 e. The molecule has 0 aromatic heterocycles. The van der Waals surface area contributed by atoms with E-state index in [2.05, 4.69) is 10.6 Å². The summed E-state index contributed by atoms with van der Waals surface area (Å²) in [7, 11) is 0. The largest absolute Gasteiger partial charge is 0.480 e. The standard InChI is InChI=1S/C13H18N2O3/c1-8-4-5-9(2)11(6-8)15-12(16)7-14-10(3)13(17)18/h4-6,10,14H,7H2,1-3H3,(H,15,16)(H,17,18)/t10-/m1/s1. The van der Waals surface area contributed by atoms with Crippen LogP contribution in [0.5, 0.6) is 0 Å². The van der Waals surface area contributed by atoms with Crippen LogP contribution in [-0.4, -0.2) is 29.6 Å². The van der Waals surface area contributed by atoms with Crippen molar-refractivity contribution >= 4 is 17.6 Å². The Hall–Kier alpha value is -1.88. The van der Waals surface area contributed by atoms with Gasteiger partial charge in [0, 0.05) is 5.69 Å². The molecular weight excluding hydrogens is 232 g/mol. The number of aliphatic carboxylic acids is 1. The van der Waals surface area contributed by atoms with Gasteiger partial charge in [0.1, 0.15) is 6.04 Å². The van der Waals surface area contributed by atoms with Crippen LogP contribution in [0.1, 0.15) is 18.1 Å². The maximum absolute atomic E-state index is 11.6. The summed E-state index contributed by atoms with van der Waals surface area (Å²) in [4.78, 5) is 22.2. The summed E-state index contributed by atoms with van der Waals surface area (Å²) < 4.78 is 0. The highest BCUT2D eigenvalue weighted by Crippen LogP contribution is 2.15. The van der Waals surface area contributed by atoms with Gasteiger partial charge in [0.2, 0.25) is 5.91 Å². The monoisotopic (exact) mass is 250 g/mol. The lowest BCUT2D eigenvalue weighted by Gasteiger charge is -2.11. The van der Waals surface area contributed by atoms with E-state index in [9.17, 15) is 9.59 Å². The number of rotatable bonds is 5. The molecule has 1 amide bonds. The Balaban J connectivity index is 2.54. The van der Waals surface area contributed by atoms with Crippen molar-refractivity contribution in [3.8, 4) is 0 Å². The molecule has 0 saturated heterocycles. The highest BCUT2D eigenvalue weighted by molar-refractivity contribution is 5.93. The van der Waals surface area contributed by atoms with Gasteiger partial charge in [0.05, 0.1) is 6.54 Å². The molecule has 0 fully saturated rings. The van der Waals surface area contributed by atoms with Crippen molar-refractivity contribution in [1.82, 2.24) is 5.32 Å². The summed E-state index contributed by atoms with van der Waals surface area (Å²) in [6.07, 6.45) is 0. The smallest absolute Gasteiger partial charge is 0.320 e. The molecule has 0 spiro atoms. The average Bonchev–Trinajstić information content (AvgIpc) is 2.30. The molecule has 0 bridgehead atoms. The molecule has 0 saturated carbocycles. The number of carbonyl (C=O) groups excluding carboxylic acids is 1. The van der Waals surface area contributed by atoms with Crippen molar-refractivity contribution < 1.29 is 14.7 Å². The first-order valence-electron chi connectivity index (χ1n) is 5.73. The number of benzene rings is 1. The van der Waals surface area contributed by atoms with Gasteiger partial charge >= 0.3 is 5.97 Å². The lowest BCUT2D eigenvalue weighted by Crippen LogP contribution is -2.39. The first kappa shape index (κ1) is 14.2. The third-order valence-electron chi connectivity index (χ3n) is 2.61. The van der Waals surface area contributed by atoms with E-state index in [4.69, 9.17) is 5.11 Å². The minimum absolute atomic E-state index is 0.0269. The Kier molecular flexibility index (Phi) is 4.85. The number of carboxylic acid groups (broad SMARTS) is 1. The molecule has 0 aliphatic rings. The molecule has 0 aliphatic heterocycles. The first-order valence-corrected chi connectivity index (χ1v) is 5.73. The van der Waals surface area contributed by atoms with E-state index in [1.807, 2.05) is 32.0 Å². The van der Waals surface area contributed by atoms with Gasteiger partial charge in [-0.1, -0.05) is 12.1 Å². The van der Waals surface area contributed by atoms with Gasteiger partial charge in [0.25, 0.3) is 0 Å². The summed E-state index contributed by atoms with van der Waals surface area (Å²) in [5, 5.41) is 14.0. The van der Waals surface area contributed by atoms with Crippen LogP contribution in [-0.2, 0) is 9.59 Å². The van der Waals surface area contributed by atoms with Gasteiger partial charge in [-0.05, 0) is 38.0 Å². The van der Waals surface area contributed by atoms with E-state index in [0.29, 0.717) is 0 Å². The zero-order chi connectivity index (χ0) is 13.7. The Labute approximate surface area is 106 Å². The summed E-state index contributed by atoms with van der Waals surface area (Å²) in [5.74, 6) is -1.23. The number of nitrogens with one attached hydrogen (secondary N) is 2. The van der Waals surface area contributed by atoms with Crippen LogP contribution in [0.4, 0.5) is 5.69 Å². The van der Waals surface area contributed by atoms with Crippen LogP contribution in [0.3, 0.4) is 0 Å². The molecule has 1 rings (SSSR count). The molecule has 98 valence electrons. The Morgan fingerprint density at radius 3 is 2.61 bits per heavy atom. The zero-order valence-electron chi connectivity index (χ0n) is 10.8. The first-order chi connectivity index (χ1) is 8.40. The van der Waals surface area contributed by atoms with E-state index in [0.717, 1.165) is 16.8 Å². The lowest BCUT2D eigenvalue weighted by atomic mass is 10.1. The summed E-state index contributed by atoms with van der Waals surface area (Å²) in [6.45, 7) is 5.32. The molecule has 18 heavy (non-hydrogen) atoms. The summed E-state index contributed by atoms with van der Waals surface area (Å²) in [5.41, 5.74) is 2.78. The van der Waals surface area contributed by atoms with Gasteiger partial charge in [-0.3, -0.25) is 14.9 Å². The zero-order valence-corrected chi connectivity index (χ0v) is 10.8. The third kappa shape index (κ3) is 4.18. The normalized spacial score (nSPS) is 11.9. The topological polar surface area (TPSA) is 78.4 Å². The number of amides is 1. The molecule has 1 aromatic rings. The predicted molar refractivity (Wildman–Crippen MR) is 69.6 cm³/mol. The van der Waals surface area contributed by atoms with Crippen LogP contribution >= 0.6 is 0 Å². The van der Waals surface area contributed by atoms with Gasteiger partial charge in [-0.25, -0.2) is 0 Å². The van der Waals surface area contributed by atoms with Crippen LogP contribution in [0, 0.1) is 13.8 Å². The Morgan fingerprint density at radius 2 is 2.00 bits per heavy atom. The van der Waals surface area contributed by atoms with Crippen molar-refractivity contribution in [3.63, 3.8) is 0 Å². The molecule has 0 heterocycles. The van der Waals surface area contributed by atoms with E-state index >= 15 is 0 Å². The molecule has 5 nitrogen and oxygen atoms in total. The quantitative estimate of drug-likeness (QED) is 0.736. The fourth-order valence-corrected chi connectivity index (χ4v) is 1.40. The second kappa shape index (κ2) is 6.16. The fourth-order valence-electron chi connectivity index (χ4n) is 1.40. The second-order valence-electron chi connectivity index (χ2n) is 4.31. The SMILES string of the molecule is Cc1ccc(C)c(NC(=O)CN[C@H](C)C(=O)O)c1. The summed E-state index contributed by atoms with van der Waals surface area (Å²) in [6, 6.07) is 5.04. The number of anilines is 1. The molecular formula is C13H18N2O3. The van der Waals surface area contributed by atoms with Crippen molar-refractivity contribution in [3.05, 3.63) is 29.3 Å². The number of hydrogen-bond donors (Lipinski definition) is 3. The maximum Gasteiger partial charge on any atom is 0.320 e. The van der Waals surface area contributed by atoms with Gasteiger partial charge < -0.3 is 10.4 Å². The van der Waals surface area contributed by atoms with Crippen LogP contribution in [0.2, 0.25) is 0 Å². The number of carbonyl (C=O) groups is 2. The predicted octanol–water partition coefficient (Wildman–Crippen LogP) is 1.30. The van der Waals surface area contributed by atoms with Crippen LogP contribution in [0.25, 0.3) is 0 Å². The highest BCUT2D eigenvalue weighted by atomic mass is 16.4. The second-order valence-corrected chi connectivity index (χ2v) is 4.31. The van der Waals surface area contributed by atoms with Gasteiger partial charge in [0.15, 0.2) is 0 Å². The molecule has 3 N–H and O–H groups in total. The average molecular weight is 250 g/mol. The van der Waals surface area contributed by atoms with E-state index in [1.165, 1.54) is 6.92 Å². The fraction of sp³-hybridized carbons (Fsp3) is 0.385. The molecule has 1 aromatic carbocycles. The maximum atomic E-state index is 11.6. The van der Waals surface area contributed by atoms with Crippen LogP contribution < -0.4 is 10.6 Å². The molecule has 0 radical (unpaired) electrons. The number of carboxylic acids is 1.